The first-order chi connectivity index (χ1) is 47.8. The van der Waals surface area contributed by atoms with Gasteiger partial charge in [-0.15, -0.1) is 0 Å². The number of hydrogen-bond donors (Lipinski definition) is 16. The number of ether oxygens (including phenoxy) is 9. The number of esters is 5. The lowest BCUT2D eigenvalue weighted by Crippen LogP contribution is -2.76. The lowest BCUT2D eigenvalue weighted by molar-refractivity contribution is -0.343. The Bertz CT molecular complexity index is 3160. The minimum absolute atomic E-state index is 0.0369. The molecule has 0 radical (unpaired) electrons. The highest BCUT2D eigenvalue weighted by Crippen LogP contribution is 2.73. The van der Waals surface area contributed by atoms with Crippen LogP contribution in [-0.2, 0) is 81.0 Å². The van der Waals surface area contributed by atoms with Gasteiger partial charge < -0.3 is 124 Å². The van der Waals surface area contributed by atoms with Crippen LogP contribution < -0.4 is 0 Å². The zero-order chi connectivity index (χ0) is 77.0. The Morgan fingerprint density at radius 1 is 0.515 bits per heavy atom. The van der Waals surface area contributed by atoms with Crippen LogP contribution in [0.5, 0.6) is 0 Å². The summed E-state index contributed by atoms with van der Waals surface area (Å²) in [5.74, 6) is -8.64. The summed E-state index contributed by atoms with van der Waals surface area (Å²) in [6.07, 6.45) is -14.1. The van der Waals surface area contributed by atoms with Crippen LogP contribution in [0, 0.1) is 57.2 Å². The number of carboxylic acid groups (broad SMARTS) is 3. The van der Waals surface area contributed by atoms with Crippen LogP contribution >= 0.6 is 0 Å². The van der Waals surface area contributed by atoms with E-state index in [1.807, 2.05) is 13.8 Å². The molecule has 0 bridgehead atoms. The average molecular weight is 1480 g/mol. The summed E-state index contributed by atoms with van der Waals surface area (Å²) >= 11 is 0. The molecule has 4 unspecified atom stereocenters. The van der Waals surface area contributed by atoms with E-state index in [1.54, 1.807) is 0 Å². The molecule has 584 valence electrons. The van der Waals surface area contributed by atoms with Gasteiger partial charge in [-0.25, -0.2) is 9.59 Å². The van der Waals surface area contributed by atoms with Crippen molar-refractivity contribution in [3.63, 3.8) is 0 Å². The van der Waals surface area contributed by atoms with Gasteiger partial charge in [-0.1, -0.05) is 13.8 Å². The molecule has 2 saturated heterocycles. The van der Waals surface area contributed by atoms with Gasteiger partial charge in [-0.3, -0.25) is 28.8 Å². The topological polar surface area (TPSA) is 543 Å². The van der Waals surface area contributed by atoms with E-state index < -0.39 is 227 Å². The number of hydrogen-bond acceptors (Lipinski definition) is 30. The van der Waals surface area contributed by atoms with Gasteiger partial charge >= 0.3 is 29.8 Å². The average Bonchev–Trinajstić information content (AvgIpc) is 1.65. The van der Waals surface area contributed by atoms with E-state index in [4.69, 9.17) is 72.3 Å². The third kappa shape index (κ3) is 15.3. The van der Waals surface area contributed by atoms with Gasteiger partial charge in [0.05, 0.1) is 76.5 Å². The van der Waals surface area contributed by atoms with Gasteiger partial charge in [0, 0.05) is 102 Å². The molecule has 33 heteroatoms. The van der Waals surface area contributed by atoms with E-state index in [0.717, 1.165) is 31.9 Å². The van der Waals surface area contributed by atoms with E-state index in [9.17, 15) is 90.4 Å². The zero-order valence-corrected chi connectivity index (χ0v) is 59.7. The van der Waals surface area contributed by atoms with Gasteiger partial charge in [0.15, 0.2) is 12.6 Å². The Morgan fingerprint density at radius 3 is 1.32 bits per heavy atom. The van der Waals surface area contributed by atoms with Crippen molar-refractivity contribution in [2.24, 2.45) is 57.2 Å². The number of aliphatic hydroxyl groups is 13. The molecule has 4 aliphatic heterocycles. The van der Waals surface area contributed by atoms with Crippen LogP contribution in [0.1, 0.15) is 159 Å². The molecular formula is C70H106O33. The number of carbonyl (C=O) groups is 8. The Hall–Kier alpha value is -5.44. The Morgan fingerprint density at radius 2 is 0.922 bits per heavy atom. The van der Waals surface area contributed by atoms with E-state index in [1.165, 1.54) is 46.8 Å². The second-order valence-electron chi connectivity index (χ2n) is 31.0. The van der Waals surface area contributed by atoms with Crippen molar-refractivity contribution in [1.82, 2.24) is 0 Å². The summed E-state index contributed by atoms with van der Waals surface area (Å²) < 4.78 is 51.6. The molecule has 0 aromatic rings. The first-order valence-electron chi connectivity index (χ1n) is 35.2. The fourth-order valence-corrected chi connectivity index (χ4v) is 21.0. The minimum Gasteiger partial charge on any atom is -0.481 e. The second-order valence-corrected chi connectivity index (χ2v) is 31.0. The monoisotopic (exact) mass is 1470 g/mol. The van der Waals surface area contributed by atoms with Crippen molar-refractivity contribution in [3.8, 4) is 0 Å². The van der Waals surface area contributed by atoms with Crippen molar-refractivity contribution in [1.29, 1.82) is 0 Å². The number of rotatable bonds is 11. The third-order valence-electron chi connectivity index (χ3n) is 25.2. The lowest BCUT2D eigenvalue weighted by Gasteiger charge is -2.68. The van der Waals surface area contributed by atoms with Crippen LogP contribution in [0.2, 0.25) is 0 Å². The van der Waals surface area contributed by atoms with Crippen LogP contribution in [0.15, 0.2) is 23.3 Å². The summed E-state index contributed by atoms with van der Waals surface area (Å²) in [5.41, 5.74) is -9.40. The smallest absolute Gasteiger partial charge is 0.331 e. The minimum atomic E-state index is -1.80. The summed E-state index contributed by atoms with van der Waals surface area (Å²) in [5, 5.41) is 169. The molecule has 12 rings (SSSR count). The van der Waals surface area contributed by atoms with Gasteiger partial charge in [0.1, 0.15) is 68.7 Å². The normalized spacial score (nSPS) is 46.8. The van der Waals surface area contributed by atoms with Crippen molar-refractivity contribution in [3.05, 3.63) is 23.3 Å². The number of aliphatic carboxylic acids is 3. The summed E-state index contributed by atoms with van der Waals surface area (Å²) in [7, 11) is 0. The Labute approximate surface area is 595 Å². The molecule has 0 amide bonds. The fraction of sp³-hybridized carbons (Fsp3) is 0.829. The molecule has 33 nitrogen and oxygen atoms in total. The highest BCUT2D eigenvalue weighted by molar-refractivity contribution is 5.86. The first-order valence-corrected chi connectivity index (χ1v) is 35.2. The molecular weight excluding hydrogens is 1370 g/mol. The molecule has 103 heavy (non-hydrogen) atoms. The predicted octanol–water partition coefficient (Wildman–Crippen LogP) is -1.04. The van der Waals surface area contributed by atoms with Crippen LogP contribution in [-0.4, -0.2) is 276 Å². The highest BCUT2D eigenvalue weighted by atomic mass is 16.7. The number of aliphatic hydroxyl groups excluding tert-OH is 9. The Balaban J connectivity index is 0.000000229. The fourth-order valence-electron chi connectivity index (χ4n) is 21.0. The molecule has 16 N–H and O–H groups in total. The van der Waals surface area contributed by atoms with Gasteiger partial charge in [-0.05, 0) is 113 Å². The second kappa shape index (κ2) is 31.4. The summed E-state index contributed by atoms with van der Waals surface area (Å²) in [6.45, 7) is 13.0. The quantitative estimate of drug-likeness (QED) is 0.0667. The number of carbonyl (C=O) groups excluding carboxylic acids is 5. The van der Waals surface area contributed by atoms with E-state index in [0.29, 0.717) is 32.1 Å². The molecule has 30 atom stereocenters. The molecule has 12 aliphatic rings. The Kier molecular flexibility index (Phi) is 25.4. The SMILES string of the molecule is CC(=O)O.CC(=O)O.CC(=O)O.CC(=O)OC[C@]12C(OC(C)=O)CC(O[C@@H]3O[C@@H](C)[C@H](O)[C@@H](O)[C@H]3O)CC1(O)CC[C@@H]1[C@@H]2C(OC(C)=O)C[C@]2(C)[C@@H](C3=CC(=O)OC3)CC[C@]12O.C[C@@H]1O[C@@H](O[C@H]2C[C@@H](O)[C@]3(CO)[C@H]4[C@H](O)C[C@]5(C)[C@@H](C6=CC(=O)OC6)CC[C@]5(O)[C@@H]4CC[C@]3(O)C2)[C@H](O)[C@H](O)[C@H]1O. The van der Waals surface area contributed by atoms with Crippen LogP contribution in [0.3, 0.4) is 0 Å². The van der Waals surface area contributed by atoms with Gasteiger partial charge in [0.2, 0.25) is 0 Å². The van der Waals surface area contributed by atoms with Crippen molar-refractivity contribution < 1.29 is 163 Å². The largest absolute Gasteiger partial charge is 0.481 e. The number of cyclic esters (lactones) is 2. The molecule has 0 aromatic heterocycles. The standard InChI is InChI=1S/C35H50O15.C29H44O12.3C2H4O2/c1-16-28(40)29(41)30(42)31(47-16)50-21-11-25(49-19(4)38)34(15-46-17(2)36)27-23(6-8-33(34,43)12-21)35(44)9-7-22(20-10-26(39)45-14-20)32(35,5)13-24(27)48-18(3)37;1-13-22(34)23(35)24(36)25(40-13)41-15-8-19(32)28(12-30)21-17(3-5-27(28,37)9-15)29(38)6-4-16(14-7-20(33)39-11-14)26(29,2)10-18(21)31;3*1-2(3)4/h10,16,21-25,27-31,40-44H,6-9,11-15H2,1-5H3;7,13,15-19,21-25,30-32,34-38H,3-6,8-12H2,1-2H3;3*1H3,(H,3,4)/t16-,21?,22+,23+,24?,25?,27+,28-,29+,30+,31-,32+,33?,34+,35-;13-,15-,16+,17+,18+,19+,21+,22-,23+,24+,25-,26+,27-,28+,29-;;;/m00.../s1. The number of fused-ring (bicyclic) bond motifs is 10. The summed E-state index contributed by atoms with van der Waals surface area (Å²) in [6, 6.07) is 0. The maximum atomic E-state index is 12.9. The first kappa shape index (κ1) is 83.2. The summed E-state index contributed by atoms with van der Waals surface area (Å²) in [4.78, 5) is 89.0. The van der Waals surface area contributed by atoms with E-state index >= 15 is 0 Å². The van der Waals surface area contributed by atoms with Crippen LogP contribution in [0.4, 0.5) is 0 Å². The molecule has 10 fully saturated rings. The lowest BCUT2D eigenvalue weighted by atomic mass is 9.40. The van der Waals surface area contributed by atoms with Gasteiger partial charge in [0.25, 0.3) is 17.9 Å². The molecule has 0 aromatic carbocycles. The maximum absolute atomic E-state index is 12.9. The molecule has 0 spiro atoms. The van der Waals surface area contributed by atoms with Gasteiger partial charge in [-0.2, -0.15) is 0 Å². The zero-order valence-electron chi connectivity index (χ0n) is 59.7. The van der Waals surface area contributed by atoms with Crippen LogP contribution in [0.25, 0.3) is 0 Å². The van der Waals surface area contributed by atoms with E-state index in [2.05, 4.69) is 0 Å². The number of carboxylic acids is 3. The molecule has 4 heterocycles. The van der Waals surface area contributed by atoms with Crippen molar-refractivity contribution in [2.75, 3.05) is 26.4 Å². The molecule has 8 aliphatic carbocycles. The molecule has 8 saturated carbocycles. The van der Waals surface area contributed by atoms with Crippen molar-refractivity contribution >= 4 is 47.8 Å². The third-order valence-corrected chi connectivity index (χ3v) is 25.2. The maximum Gasteiger partial charge on any atom is 0.331 e. The van der Waals surface area contributed by atoms with E-state index in [-0.39, 0.29) is 82.8 Å². The van der Waals surface area contributed by atoms with Crippen molar-refractivity contribution in [2.45, 2.75) is 280 Å². The highest BCUT2D eigenvalue weighted by Gasteiger charge is 2.79. The predicted molar refractivity (Wildman–Crippen MR) is 346 cm³/mol.